The van der Waals surface area contributed by atoms with Crippen LogP contribution in [0.5, 0.6) is 0 Å². The van der Waals surface area contributed by atoms with E-state index in [2.05, 4.69) is 0 Å². The third kappa shape index (κ3) is 3.39. The maximum absolute atomic E-state index is 10.8. The maximum atomic E-state index is 10.8. The van der Waals surface area contributed by atoms with E-state index in [9.17, 15) is 10.1 Å². The van der Waals surface area contributed by atoms with Gasteiger partial charge >= 0.3 is 5.69 Å². The van der Waals surface area contributed by atoms with Crippen molar-refractivity contribution in [2.75, 3.05) is 25.2 Å². The minimum Gasteiger partial charge on any atom is -0.393 e. The molecule has 1 aromatic rings. The predicted molar refractivity (Wildman–Crippen MR) is 64.7 cm³/mol. The summed E-state index contributed by atoms with van der Waals surface area (Å²) < 4.78 is 4.91. The van der Waals surface area contributed by atoms with Crippen molar-refractivity contribution in [2.24, 2.45) is 0 Å². The number of rotatable bonds is 6. The van der Waals surface area contributed by atoms with E-state index in [1.165, 1.54) is 17.8 Å². The van der Waals surface area contributed by atoms with E-state index in [0.29, 0.717) is 11.5 Å². The van der Waals surface area contributed by atoms with Crippen LogP contribution in [0.3, 0.4) is 0 Å². The topological polar surface area (TPSA) is 78.4 Å². The summed E-state index contributed by atoms with van der Waals surface area (Å²) in [5, 5.41) is 10.8. The second-order valence-electron chi connectivity index (χ2n) is 3.15. The van der Waals surface area contributed by atoms with E-state index >= 15 is 0 Å². The summed E-state index contributed by atoms with van der Waals surface area (Å²) in [6.07, 6.45) is 0.854. The van der Waals surface area contributed by atoms with Gasteiger partial charge in [-0.2, -0.15) is 0 Å². The molecule has 0 saturated heterocycles. The maximum Gasteiger partial charge on any atom is 0.305 e. The van der Waals surface area contributed by atoms with Crippen molar-refractivity contribution >= 4 is 23.1 Å². The van der Waals surface area contributed by atoms with Crippen molar-refractivity contribution in [2.45, 2.75) is 11.3 Å². The van der Waals surface area contributed by atoms with Crippen LogP contribution in [0.1, 0.15) is 6.42 Å². The molecule has 0 aliphatic carbocycles. The number of ether oxygens (including phenoxy) is 1. The van der Waals surface area contributed by atoms with Crippen molar-refractivity contribution in [1.29, 1.82) is 0 Å². The van der Waals surface area contributed by atoms with Crippen molar-refractivity contribution in [3.05, 3.63) is 28.3 Å². The van der Waals surface area contributed by atoms with E-state index in [-0.39, 0.29) is 11.4 Å². The lowest BCUT2D eigenvalue weighted by Crippen LogP contribution is -1.98. The van der Waals surface area contributed by atoms with Crippen LogP contribution >= 0.6 is 11.8 Å². The molecule has 0 aromatic heterocycles. The number of para-hydroxylation sites is 1. The highest BCUT2D eigenvalue weighted by Crippen LogP contribution is 2.33. The molecule has 0 unspecified atom stereocenters. The first-order valence-electron chi connectivity index (χ1n) is 4.81. The number of hydrogen-bond donors (Lipinski definition) is 1. The minimum atomic E-state index is -0.437. The normalized spacial score (nSPS) is 10.3. The Balaban J connectivity index is 2.71. The molecule has 0 radical (unpaired) electrons. The summed E-state index contributed by atoms with van der Waals surface area (Å²) in [5.74, 6) is 0.776. The number of nitro groups is 1. The fourth-order valence-electron chi connectivity index (χ4n) is 1.24. The third-order valence-corrected chi connectivity index (χ3v) is 3.10. The van der Waals surface area contributed by atoms with Crippen LogP contribution in [0.4, 0.5) is 11.4 Å². The number of hydrogen-bond acceptors (Lipinski definition) is 5. The summed E-state index contributed by atoms with van der Waals surface area (Å²) in [7, 11) is 1.63. The molecule has 0 saturated carbocycles. The quantitative estimate of drug-likeness (QED) is 0.272. The average Bonchev–Trinajstić information content (AvgIpc) is 2.24. The highest BCUT2D eigenvalue weighted by Gasteiger charge is 2.17. The molecule has 0 heterocycles. The summed E-state index contributed by atoms with van der Waals surface area (Å²) in [5.41, 5.74) is 5.79. The van der Waals surface area contributed by atoms with E-state index in [1.54, 1.807) is 19.2 Å². The zero-order chi connectivity index (χ0) is 12.0. The Morgan fingerprint density at radius 2 is 2.31 bits per heavy atom. The van der Waals surface area contributed by atoms with Gasteiger partial charge in [0, 0.05) is 19.5 Å². The Morgan fingerprint density at radius 3 is 2.94 bits per heavy atom. The zero-order valence-corrected chi connectivity index (χ0v) is 9.83. The van der Waals surface area contributed by atoms with E-state index in [1.807, 2.05) is 0 Å². The fourth-order valence-corrected chi connectivity index (χ4v) is 2.22. The molecular weight excluding hydrogens is 228 g/mol. The first kappa shape index (κ1) is 12.8. The molecule has 88 valence electrons. The number of nitrogen functional groups attached to an aromatic ring is 1. The molecule has 0 atom stereocenters. The Hall–Kier alpha value is -1.27. The van der Waals surface area contributed by atoms with Gasteiger partial charge in [0.15, 0.2) is 0 Å². The molecule has 0 bridgehead atoms. The Morgan fingerprint density at radius 1 is 1.56 bits per heavy atom. The standard InChI is InChI=1S/C10H14N2O3S/c1-15-6-3-7-16-9-5-2-4-8(11)10(9)12(13)14/h2,4-5H,3,6-7,11H2,1H3. The van der Waals surface area contributed by atoms with E-state index in [0.717, 1.165) is 12.2 Å². The lowest BCUT2D eigenvalue weighted by molar-refractivity contribution is -0.386. The SMILES string of the molecule is COCCCSc1cccc(N)c1[N+](=O)[O-]. The second kappa shape index (κ2) is 6.34. The van der Waals surface area contributed by atoms with Crippen LogP contribution in [-0.4, -0.2) is 24.4 Å². The number of benzene rings is 1. The van der Waals surface area contributed by atoms with E-state index in [4.69, 9.17) is 10.5 Å². The van der Waals surface area contributed by atoms with Crippen molar-refractivity contribution in [3.8, 4) is 0 Å². The highest BCUT2D eigenvalue weighted by atomic mass is 32.2. The number of methoxy groups -OCH3 is 1. The fraction of sp³-hybridized carbons (Fsp3) is 0.400. The van der Waals surface area contributed by atoms with Crippen molar-refractivity contribution in [3.63, 3.8) is 0 Å². The van der Waals surface area contributed by atoms with Gasteiger partial charge in [-0.25, -0.2) is 0 Å². The van der Waals surface area contributed by atoms with Gasteiger partial charge in [0.25, 0.3) is 0 Å². The smallest absolute Gasteiger partial charge is 0.305 e. The monoisotopic (exact) mass is 242 g/mol. The summed E-state index contributed by atoms with van der Waals surface area (Å²) in [6, 6.07) is 4.98. The van der Waals surface area contributed by atoms with Crippen LogP contribution in [0, 0.1) is 10.1 Å². The number of nitrogens with two attached hydrogens (primary N) is 1. The van der Waals surface area contributed by atoms with Gasteiger partial charge in [0.1, 0.15) is 5.69 Å². The second-order valence-corrected chi connectivity index (χ2v) is 4.28. The Kier molecular flexibility index (Phi) is 5.07. The van der Waals surface area contributed by atoms with Gasteiger partial charge < -0.3 is 10.5 Å². The molecule has 0 amide bonds. The van der Waals surface area contributed by atoms with Crippen LogP contribution in [-0.2, 0) is 4.74 Å². The zero-order valence-electron chi connectivity index (χ0n) is 9.01. The van der Waals surface area contributed by atoms with Crippen molar-refractivity contribution < 1.29 is 9.66 Å². The average molecular weight is 242 g/mol. The molecule has 5 nitrogen and oxygen atoms in total. The molecule has 6 heteroatoms. The molecule has 1 aromatic carbocycles. The largest absolute Gasteiger partial charge is 0.393 e. The van der Waals surface area contributed by atoms with Crippen molar-refractivity contribution in [1.82, 2.24) is 0 Å². The van der Waals surface area contributed by atoms with Gasteiger partial charge in [0.2, 0.25) is 0 Å². The Labute approximate surface area is 98.1 Å². The van der Waals surface area contributed by atoms with Gasteiger partial charge in [-0.3, -0.25) is 10.1 Å². The lowest BCUT2D eigenvalue weighted by atomic mass is 10.3. The number of nitrogens with zero attached hydrogens (tertiary/aromatic N) is 1. The summed E-state index contributed by atoms with van der Waals surface area (Å²) in [6.45, 7) is 0.656. The summed E-state index contributed by atoms with van der Waals surface area (Å²) >= 11 is 1.43. The Bertz CT molecular complexity index is 371. The van der Waals surface area contributed by atoms with Gasteiger partial charge in [-0.15, -0.1) is 11.8 Å². The molecule has 0 spiro atoms. The highest BCUT2D eigenvalue weighted by molar-refractivity contribution is 7.99. The van der Waals surface area contributed by atoms with Gasteiger partial charge in [0.05, 0.1) is 9.82 Å². The number of thioether (sulfide) groups is 1. The molecule has 16 heavy (non-hydrogen) atoms. The number of anilines is 1. The minimum absolute atomic E-state index is 0.00455. The lowest BCUT2D eigenvalue weighted by Gasteiger charge is -2.04. The van der Waals surface area contributed by atoms with Gasteiger partial charge in [-0.05, 0) is 18.6 Å². The van der Waals surface area contributed by atoms with Crippen LogP contribution < -0.4 is 5.73 Å². The molecule has 0 aliphatic rings. The molecule has 2 N–H and O–H groups in total. The molecule has 0 aliphatic heterocycles. The van der Waals surface area contributed by atoms with Crippen LogP contribution in [0.2, 0.25) is 0 Å². The predicted octanol–water partition coefficient (Wildman–Crippen LogP) is 2.31. The number of nitro benzene ring substituents is 1. The molecule has 1 rings (SSSR count). The van der Waals surface area contributed by atoms with E-state index < -0.39 is 4.92 Å². The van der Waals surface area contributed by atoms with Crippen LogP contribution in [0.25, 0.3) is 0 Å². The van der Waals surface area contributed by atoms with Crippen LogP contribution in [0.15, 0.2) is 23.1 Å². The first-order chi connectivity index (χ1) is 7.66. The molecule has 0 fully saturated rings. The molecular formula is C10H14N2O3S. The first-order valence-corrected chi connectivity index (χ1v) is 5.80. The summed E-state index contributed by atoms with van der Waals surface area (Å²) in [4.78, 5) is 11.0. The van der Waals surface area contributed by atoms with Gasteiger partial charge in [-0.1, -0.05) is 6.07 Å². The third-order valence-electron chi connectivity index (χ3n) is 1.96.